The summed E-state index contributed by atoms with van der Waals surface area (Å²) in [6, 6.07) is 3.74. The van der Waals surface area contributed by atoms with Gasteiger partial charge in [-0.2, -0.15) is 0 Å². The molecular weight excluding hydrogens is 318 g/mol. The fourth-order valence-electron chi connectivity index (χ4n) is 1.45. The fraction of sp³-hybridized carbons (Fsp3) is 0.308. The van der Waals surface area contributed by atoms with Gasteiger partial charge in [-0.15, -0.1) is 0 Å². The first-order valence-electron chi connectivity index (χ1n) is 5.57. The lowest BCUT2D eigenvalue weighted by molar-refractivity contribution is -0.132. The third-order valence-electron chi connectivity index (χ3n) is 2.54. The van der Waals surface area contributed by atoms with Crippen LogP contribution >= 0.6 is 27.5 Å². The number of hydrogen-bond acceptors (Lipinski definition) is 2. The van der Waals surface area contributed by atoms with Crippen molar-refractivity contribution in [2.75, 3.05) is 11.9 Å². The van der Waals surface area contributed by atoms with Crippen LogP contribution in [0.2, 0.25) is 5.02 Å². The number of carboxylic acid groups (broad SMARTS) is 1. The molecule has 2 N–H and O–H groups in total. The van der Waals surface area contributed by atoms with Gasteiger partial charge in [0, 0.05) is 21.6 Å². The Morgan fingerprint density at radius 2 is 2.22 bits per heavy atom. The highest BCUT2D eigenvalue weighted by Gasteiger charge is 2.05. The second kappa shape index (κ2) is 6.81. The molecule has 3 nitrogen and oxygen atoms in total. The zero-order valence-electron chi connectivity index (χ0n) is 10.3. The van der Waals surface area contributed by atoms with Gasteiger partial charge in [-0.05, 0) is 47.0 Å². The summed E-state index contributed by atoms with van der Waals surface area (Å²) in [7, 11) is 0. The first kappa shape index (κ1) is 15.1. The van der Waals surface area contributed by atoms with Crippen LogP contribution in [0.3, 0.4) is 0 Å². The lowest BCUT2D eigenvalue weighted by Gasteiger charge is -2.09. The molecule has 0 heterocycles. The molecule has 0 atom stereocenters. The van der Waals surface area contributed by atoms with Crippen molar-refractivity contribution in [2.24, 2.45) is 0 Å². The van der Waals surface area contributed by atoms with E-state index < -0.39 is 5.97 Å². The largest absolute Gasteiger partial charge is 0.478 e. The quantitative estimate of drug-likeness (QED) is 0.793. The van der Waals surface area contributed by atoms with E-state index in [0.29, 0.717) is 23.6 Å². The van der Waals surface area contributed by atoms with Crippen molar-refractivity contribution in [3.05, 3.63) is 38.8 Å². The first-order valence-corrected chi connectivity index (χ1v) is 6.74. The molecule has 0 amide bonds. The number of benzene rings is 1. The van der Waals surface area contributed by atoms with Gasteiger partial charge >= 0.3 is 5.97 Å². The standard InChI is InChI=1S/C13H15BrClNO2/c1-3-9(13(17)18)4-5-16-12-7-11(15)8(2)6-10(12)14/h4,6-7,16H,3,5H2,1-2H3,(H,17,18)/b9-4-. The van der Waals surface area contributed by atoms with Crippen molar-refractivity contribution in [2.45, 2.75) is 20.3 Å². The summed E-state index contributed by atoms with van der Waals surface area (Å²) in [5.41, 5.74) is 2.24. The molecule has 5 heteroatoms. The van der Waals surface area contributed by atoms with Gasteiger partial charge in [-0.3, -0.25) is 0 Å². The van der Waals surface area contributed by atoms with E-state index in [1.54, 1.807) is 6.08 Å². The number of halogens is 2. The number of hydrogen-bond donors (Lipinski definition) is 2. The lowest BCUT2D eigenvalue weighted by atomic mass is 10.2. The Bertz CT molecular complexity index is 486. The van der Waals surface area contributed by atoms with Crippen LogP contribution in [0.5, 0.6) is 0 Å². The molecule has 0 aliphatic rings. The van der Waals surface area contributed by atoms with Crippen molar-refractivity contribution in [1.29, 1.82) is 0 Å². The minimum Gasteiger partial charge on any atom is -0.478 e. The van der Waals surface area contributed by atoms with Crippen molar-refractivity contribution < 1.29 is 9.90 Å². The van der Waals surface area contributed by atoms with Gasteiger partial charge in [0.2, 0.25) is 0 Å². The Morgan fingerprint density at radius 1 is 1.56 bits per heavy atom. The van der Waals surface area contributed by atoms with Crippen LogP contribution in [-0.2, 0) is 4.79 Å². The maximum Gasteiger partial charge on any atom is 0.331 e. The highest BCUT2D eigenvalue weighted by atomic mass is 79.9. The summed E-state index contributed by atoms with van der Waals surface area (Å²) in [5.74, 6) is -0.875. The average molecular weight is 333 g/mol. The molecule has 0 saturated heterocycles. The van der Waals surface area contributed by atoms with Crippen LogP contribution in [-0.4, -0.2) is 17.6 Å². The number of aryl methyl sites for hydroxylation is 1. The smallest absolute Gasteiger partial charge is 0.331 e. The normalized spacial score (nSPS) is 11.4. The molecule has 1 rings (SSSR count). The van der Waals surface area contributed by atoms with Crippen LogP contribution < -0.4 is 5.32 Å². The Balaban J connectivity index is 2.75. The van der Waals surface area contributed by atoms with Gasteiger partial charge in [0.25, 0.3) is 0 Å². The summed E-state index contributed by atoms with van der Waals surface area (Å²) >= 11 is 9.47. The highest BCUT2D eigenvalue weighted by Crippen LogP contribution is 2.29. The van der Waals surface area contributed by atoms with Crippen LogP contribution in [0.1, 0.15) is 18.9 Å². The maximum atomic E-state index is 10.8. The summed E-state index contributed by atoms with van der Waals surface area (Å²) in [5, 5.41) is 12.7. The minimum atomic E-state index is -0.875. The molecule has 1 aromatic carbocycles. The average Bonchev–Trinajstić information content (AvgIpc) is 2.30. The Labute approximate surface area is 120 Å². The SMILES string of the molecule is CC/C(=C/CNc1cc(Cl)c(C)cc1Br)C(=O)O. The Morgan fingerprint density at radius 3 is 2.78 bits per heavy atom. The fourth-order valence-corrected chi connectivity index (χ4v) is 2.21. The molecular formula is C13H15BrClNO2. The van der Waals surface area contributed by atoms with Gasteiger partial charge in [-0.1, -0.05) is 24.6 Å². The number of carboxylic acids is 1. The summed E-state index contributed by atoms with van der Waals surface area (Å²) in [6.45, 7) is 4.20. The van der Waals surface area contributed by atoms with E-state index in [-0.39, 0.29) is 0 Å². The van der Waals surface area contributed by atoms with Crippen molar-refractivity contribution in [1.82, 2.24) is 0 Å². The zero-order chi connectivity index (χ0) is 13.7. The molecule has 0 unspecified atom stereocenters. The Hall–Kier alpha value is -1.00. The van der Waals surface area contributed by atoms with Gasteiger partial charge in [0.1, 0.15) is 0 Å². The summed E-state index contributed by atoms with van der Waals surface area (Å²) in [6.07, 6.45) is 2.18. The van der Waals surface area contributed by atoms with E-state index >= 15 is 0 Å². The highest BCUT2D eigenvalue weighted by molar-refractivity contribution is 9.10. The molecule has 0 aliphatic carbocycles. The second-order valence-electron chi connectivity index (χ2n) is 3.85. The van der Waals surface area contributed by atoms with Gasteiger partial charge in [-0.25, -0.2) is 4.79 Å². The van der Waals surface area contributed by atoms with Crippen LogP contribution in [0.15, 0.2) is 28.3 Å². The van der Waals surface area contributed by atoms with Crippen molar-refractivity contribution in [3.63, 3.8) is 0 Å². The van der Waals surface area contributed by atoms with Crippen LogP contribution in [0, 0.1) is 6.92 Å². The predicted molar refractivity (Wildman–Crippen MR) is 78.4 cm³/mol. The van der Waals surface area contributed by atoms with E-state index in [9.17, 15) is 4.79 Å². The van der Waals surface area contributed by atoms with E-state index in [2.05, 4.69) is 21.2 Å². The first-order chi connectivity index (χ1) is 8.45. The summed E-state index contributed by atoms with van der Waals surface area (Å²) < 4.78 is 0.908. The van der Waals surface area contributed by atoms with Gasteiger partial charge in [0.05, 0.1) is 5.69 Å². The van der Waals surface area contributed by atoms with Crippen LogP contribution in [0.25, 0.3) is 0 Å². The van der Waals surface area contributed by atoms with Crippen molar-refractivity contribution in [3.8, 4) is 0 Å². The third kappa shape index (κ3) is 4.03. The second-order valence-corrected chi connectivity index (χ2v) is 5.11. The maximum absolute atomic E-state index is 10.8. The number of rotatable bonds is 5. The van der Waals surface area contributed by atoms with Gasteiger partial charge in [0.15, 0.2) is 0 Å². The molecule has 0 aromatic heterocycles. The monoisotopic (exact) mass is 331 g/mol. The van der Waals surface area contributed by atoms with E-state index in [0.717, 1.165) is 15.7 Å². The topological polar surface area (TPSA) is 49.3 Å². The number of anilines is 1. The van der Waals surface area contributed by atoms with E-state index in [1.807, 2.05) is 26.0 Å². The molecule has 0 fully saturated rings. The molecule has 18 heavy (non-hydrogen) atoms. The van der Waals surface area contributed by atoms with Crippen molar-refractivity contribution >= 4 is 39.2 Å². The molecule has 0 radical (unpaired) electrons. The lowest BCUT2D eigenvalue weighted by Crippen LogP contribution is -2.05. The molecule has 1 aromatic rings. The number of aliphatic carboxylic acids is 1. The van der Waals surface area contributed by atoms with Crippen LogP contribution in [0.4, 0.5) is 5.69 Å². The third-order valence-corrected chi connectivity index (χ3v) is 3.61. The predicted octanol–water partition coefficient (Wildman–Crippen LogP) is 4.24. The minimum absolute atomic E-state index is 0.400. The number of nitrogens with one attached hydrogen (secondary N) is 1. The summed E-state index contributed by atoms with van der Waals surface area (Å²) in [4.78, 5) is 10.8. The zero-order valence-corrected chi connectivity index (χ0v) is 12.6. The van der Waals surface area contributed by atoms with E-state index in [4.69, 9.17) is 16.7 Å². The molecule has 0 saturated carbocycles. The van der Waals surface area contributed by atoms with Gasteiger partial charge < -0.3 is 10.4 Å². The molecule has 0 bridgehead atoms. The molecule has 98 valence electrons. The molecule has 0 spiro atoms. The Kier molecular flexibility index (Phi) is 5.69. The number of carbonyl (C=O) groups is 1. The van der Waals surface area contributed by atoms with E-state index in [1.165, 1.54) is 0 Å². The molecule has 0 aliphatic heterocycles.